The average molecular weight is 290 g/mol. The van der Waals surface area contributed by atoms with Gasteiger partial charge in [0.15, 0.2) is 0 Å². The molecule has 2 bridgehead atoms. The minimum atomic E-state index is -0.370. The predicted molar refractivity (Wildman–Crippen MR) is 81.7 cm³/mol. The molecule has 114 valence electrons. The molecule has 2 fully saturated rings. The topological polar surface area (TPSA) is 64.4 Å². The van der Waals surface area contributed by atoms with E-state index in [4.69, 9.17) is 4.74 Å². The lowest BCUT2D eigenvalue weighted by atomic mass is 9.89. The first-order valence-electron chi connectivity index (χ1n) is 7.82. The standard InChI is InChI=1S/C16H22N2O3/c1-2-21-16-8-14(7-15(9-16)18(19)20)17-10-13-6-11-3-4-12(13)5-11/h7-9,11-13,17H,2-6,10H2,1H3. The summed E-state index contributed by atoms with van der Waals surface area (Å²) in [5, 5.41) is 14.4. The summed E-state index contributed by atoms with van der Waals surface area (Å²) in [5.74, 6) is 3.05. The lowest BCUT2D eigenvalue weighted by molar-refractivity contribution is -0.384. The molecule has 2 saturated carbocycles. The summed E-state index contributed by atoms with van der Waals surface area (Å²) in [6.45, 7) is 3.29. The molecular weight excluding hydrogens is 268 g/mol. The Hall–Kier alpha value is -1.78. The lowest BCUT2D eigenvalue weighted by Crippen LogP contribution is -2.20. The van der Waals surface area contributed by atoms with Crippen LogP contribution in [0.25, 0.3) is 0 Å². The summed E-state index contributed by atoms with van der Waals surface area (Å²) >= 11 is 0. The summed E-state index contributed by atoms with van der Waals surface area (Å²) in [6.07, 6.45) is 5.44. The lowest BCUT2D eigenvalue weighted by Gasteiger charge is -2.22. The van der Waals surface area contributed by atoms with E-state index in [9.17, 15) is 10.1 Å². The molecule has 0 aliphatic heterocycles. The van der Waals surface area contributed by atoms with Crippen LogP contribution in [0.3, 0.4) is 0 Å². The normalized spacial score (nSPS) is 26.8. The van der Waals surface area contributed by atoms with Gasteiger partial charge in [-0.25, -0.2) is 0 Å². The number of rotatable bonds is 6. The van der Waals surface area contributed by atoms with E-state index in [0.29, 0.717) is 12.4 Å². The molecule has 0 heterocycles. The Balaban J connectivity index is 1.67. The first-order valence-corrected chi connectivity index (χ1v) is 7.82. The van der Waals surface area contributed by atoms with Crippen molar-refractivity contribution in [2.24, 2.45) is 17.8 Å². The largest absolute Gasteiger partial charge is 0.494 e. The number of nitro benzene ring substituents is 1. The number of anilines is 1. The van der Waals surface area contributed by atoms with Gasteiger partial charge in [0.05, 0.1) is 17.6 Å². The smallest absolute Gasteiger partial charge is 0.275 e. The van der Waals surface area contributed by atoms with Crippen molar-refractivity contribution >= 4 is 11.4 Å². The van der Waals surface area contributed by atoms with E-state index in [1.807, 2.05) is 13.0 Å². The molecule has 2 aliphatic rings. The number of ether oxygens (including phenoxy) is 1. The van der Waals surface area contributed by atoms with Crippen LogP contribution in [0.5, 0.6) is 5.75 Å². The van der Waals surface area contributed by atoms with Crippen LogP contribution in [-0.2, 0) is 0 Å². The van der Waals surface area contributed by atoms with Crippen LogP contribution in [-0.4, -0.2) is 18.1 Å². The Labute approximate surface area is 124 Å². The maximum Gasteiger partial charge on any atom is 0.275 e. The van der Waals surface area contributed by atoms with Gasteiger partial charge in [0, 0.05) is 24.4 Å². The van der Waals surface area contributed by atoms with Gasteiger partial charge >= 0.3 is 0 Å². The fraction of sp³-hybridized carbons (Fsp3) is 0.625. The van der Waals surface area contributed by atoms with Gasteiger partial charge in [0.1, 0.15) is 5.75 Å². The van der Waals surface area contributed by atoms with Gasteiger partial charge in [-0.15, -0.1) is 0 Å². The molecule has 5 heteroatoms. The summed E-state index contributed by atoms with van der Waals surface area (Å²) in [4.78, 5) is 10.6. The highest BCUT2D eigenvalue weighted by atomic mass is 16.6. The van der Waals surface area contributed by atoms with E-state index >= 15 is 0 Å². The molecule has 3 atom stereocenters. The van der Waals surface area contributed by atoms with Gasteiger partial charge in [-0.3, -0.25) is 10.1 Å². The molecule has 5 nitrogen and oxygen atoms in total. The molecule has 1 N–H and O–H groups in total. The molecule has 3 unspecified atom stereocenters. The number of nitro groups is 1. The van der Waals surface area contributed by atoms with E-state index in [2.05, 4.69) is 5.32 Å². The van der Waals surface area contributed by atoms with Crippen LogP contribution in [0.15, 0.2) is 18.2 Å². The predicted octanol–water partition coefficient (Wildman–Crippen LogP) is 3.84. The van der Waals surface area contributed by atoms with Crippen molar-refractivity contribution in [3.8, 4) is 5.75 Å². The zero-order valence-electron chi connectivity index (χ0n) is 12.4. The number of nitrogens with one attached hydrogen (secondary N) is 1. The number of fused-ring (bicyclic) bond motifs is 2. The van der Waals surface area contributed by atoms with E-state index < -0.39 is 0 Å². The van der Waals surface area contributed by atoms with Crippen molar-refractivity contribution in [1.29, 1.82) is 0 Å². The van der Waals surface area contributed by atoms with Crippen LogP contribution in [0.4, 0.5) is 11.4 Å². The number of nitrogens with zero attached hydrogens (tertiary/aromatic N) is 1. The van der Waals surface area contributed by atoms with Crippen molar-refractivity contribution in [1.82, 2.24) is 0 Å². The Morgan fingerprint density at radius 1 is 1.33 bits per heavy atom. The highest BCUT2D eigenvalue weighted by Crippen LogP contribution is 2.48. The van der Waals surface area contributed by atoms with E-state index in [1.165, 1.54) is 31.7 Å². The van der Waals surface area contributed by atoms with Crippen LogP contribution in [0.2, 0.25) is 0 Å². The van der Waals surface area contributed by atoms with Gasteiger partial charge in [-0.2, -0.15) is 0 Å². The van der Waals surface area contributed by atoms with Gasteiger partial charge in [-0.05, 0) is 43.9 Å². The summed E-state index contributed by atoms with van der Waals surface area (Å²) in [5.41, 5.74) is 0.867. The minimum absolute atomic E-state index is 0.0800. The van der Waals surface area contributed by atoms with Crippen molar-refractivity contribution in [3.05, 3.63) is 28.3 Å². The molecule has 0 radical (unpaired) electrons. The second-order valence-electron chi connectivity index (χ2n) is 6.22. The summed E-state index contributed by atoms with van der Waals surface area (Å²) in [7, 11) is 0. The second-order valence-corrected chi connectivity index (χ2v) is 6.22. The van der Waals surface area contributed by atoms with Crippen molar-refractivity contribution in [3.63, 3.8) is 0 Å². The molecule has 0 aromatic heterocycles. The van der Waals surface area contributed by atoms with E-state index in [0.717, 1.165) is 30.0 Å². The van der Waals surface area contributed by atoms with E-state index in [-0.39, 0.29) is 10.6 Å². The Morgan fingerprint density at radius 3 is 2.81 bits per heavy atom. The molecule has 2 aliphatic carbocycles. The molecule has 3 rings (SSSR count). The number of non-ortho nitro benzene ring substituents is 1. The molecular formula is C16H22N2O3. The number of benzene rings is 1. The van der Waals surface area contributed by atoms with E-state index in [1.54, 1.807) is 6.07 Å². The third-order valence-electron chi connectivity index (χ3n) is 4.87. The maximum absolute atomic E-state index is 11.0. The van der Waals surface area contributed by atoms with Gasteiger partial charge in [0.2, 0.25) is 0 Å². The quantitative estimate of drug-likeness (QED) is 0.638. The van der Waals surface area contributed by atoms with Crippen LogP contribution in [0.1, 0.15) is 32.6 Å². The summed E-state index contributed by atoms with van der Waals surface area (Å²) in [6, 6.07) is 4.92. The van der Waals surface area contributed by atoms with Gasteiger partial charge in [0.25, 0.3) is 5.69 Å². The molecule has 1 aromatic rings. The zero-order chi connectivity index (χ0) is 14.8. The van der Waals surface area contributed by atoms with Crippen molar-refractivity contribution in [2.45, 2.75) is 32.6 Å². The zero-order valence-corrected chi connectivity index (χ0v) is 12.4. The monoisotopic (exact) mass is 290 g/mol. The van der Waals surface area contributed by atoms with Crippen molar-refractivity contribution in [2.75, 3.05) is 18.5 Å². The van der Waals surface area contributed by atoms with Gasteiger partial charge < -0.3 is 10.1 Å². The SMILES string of the molecule is CCOc1cc(NCC2CC3CCC2C3)cc([N+](=O)[O-])c1. The average Bonchev–Trinajstić information content (AvgIpc) is 3.07. The second kappa shape index (κ2) is 5.92. The van der Waals surface area contributed by atoms with Crippen LogP contribution < -0.4 is 10.1 Å². The molecule has 1 aromatic carbocycles. The fourth-order valence-electron chi connectivity index (χ4n) is 3.92. The third-order valence-corrected chi connectivity index (χ3v) is 4.87. The Morgan fingerprint density at radius 2 is 2.19 bits per heavy atom. The Kier molecular flexibility index (Phi) is 3.99. The molecule has 0 amide bonds. The Bertz CT molecular complexity index is 532. The number of hydrogen-bond donors (Lipinski definition) is 1. The molecule has 0 spiro atoms. The van der Waals surface area contributed by atoms with Crippen molar-refractivity contribution < 1.29 is 9.66 Å². The highest BCUT2D eigenvalue weighted by Gasteiger charge is 2.39. The summed E-state index contributed by atoms with van der Waals surface area (Å²) < 4.78 is 5.41. The first kappa shape index (κ1) is 14.2. The molecule has 21 heavy (non-hydrogen) atoms. The first-order chi connectivity index (χ1) is 10.2. The number of hydrogen-bond acceptors (Lipinski definition) is 4. The maximum atomic E-state index is 11.0. The molecule has 0 saturated heterocycles. The van der Waals surface area contributed by atoms with Crippen LogP contribution >= 0.6 is 0 Å². The minimum Gasteiger partial charge on any atom is -0.494 e. The highest BCUT2D eigenvalue weighted by molar-refractivity contribution is 5.56. The van der Waals surface area contributed by atoms with Gasteiger partial charge in [-0.1, -0.05) is 6.42 Å². The van der Waals surface area contributed by atoms with Crippen LogP contribution in [0, 0.1) is 27.9 Å². The fourth-order valence-corrected chi connectivity index (χ4v) is 3.92. The third kappa shape index (κ3) is 3.12.